The van der Waals surface area contributed by atoms with Gasteiger partial charge in [0.1, 0.15) is 6.54 Å². The Morgan fingerprint density at radius 2 is 2.24 bits per heavy atom. The van der Waals surface area contributed by atoms with Crippen molar-refractivity contribution < 1.29 is 4.79 Å². The van der Waals surface area contributed by atoms with E-state index in [1.54, 1.807) is 0 Å². The summed E-state index contributed by atoms with van der Waals surface area (Å²) in [6, 6.07) is 1.25. The molecule has 2 heterocycles. The van der Waals surface area contributed by atoms with Crippen LogP contribution in [0.5, 0.6) is 0 Å². The fraction of sp³-hybridized carbons (Fsp3) is 0.385. The SMILES string of the molecule is Cn1c(=O)ccn(CC(=O)Nc2nc(C3CC3)cs2)c1=O. The van der Waals surface area contributed by atoms with Crippen LogP contribution in [0.1, 0.15) is 24.5 Å². The second-order valence-corrected chi connectivity index (χ2v) is 5.88. The van der Waals surface area contributed by atoms with Crippen molar-refractivity contribution in [2.75, 3.05) is 5.32 Å². The van der Waals surface area contributed by atoms with Crippen molar-refractivity contribution in [3.8, 4) is 0 Å². The smallest absolute Gasteiger partial charge is 0.300 e. The van der Waals surface area contributed by atoms with Crippen molar-refractivity contribution in [1.82, 2.24) is 14.1 Å². The topological polar surface area (TPSA) is 86.0 Å². The van der Waals surface area contributed by atoms with Crippen LogP contribution in [0.2, 0.25) is 0 Å². The first-order valence-corrected chi connectivity index (χ1v) is 7.44. The van der Waals surface area contributed by atoms with Gasteiger partial charge in [0.2, 0.25) is 5.91 Å². The van der Waals surface area contributed by atoms with Crippen LogP contribution in [-0.2, 0) is 18.4 Å². The van der Waals surface area contributed by atoms with Crippen LogP contribution < -0.4 is 16.6 Å². The Bertz CT molecular complexity index is 800. The lowest BCUT2D eigenvalue weighted by Gasteiger charge is -2.06. The van der Waals surface area contributed by atoms with Gasteiger partial charge >= 0.3 is 5.69 Å². The molecule has 0 saturated heterocycles. The number of carbonyl (C=O) groups excluding carboxylic acids is 1. The van der Waals surface area contributed by atoms with Crippen molar-refractivity contribution >= 4 is 22.4 Å². The summed E-state index contributed by atoms with van der Waals surface area (Å²) in [5, 5.41) is 5.17. The van der Waals surface area contributed by atoms with Crippen LogP contribution in [-0.4, -0.2) is 20.0 Å². The minimum Gasteiger partial charge on any atom is -0.300 e. The Morgan fingerprint density at radius 3 is 2.95 bits per heavy atom. The van der Waals surface area contributed by atoms with Gasteiger partial charge in [-0.15, -0.1) is 11.3 Å². The van der Waals surface area contributed by atoms with Gasteiger partial charge in [-0.25, -0.2) is 9.78 Å². The zero-order valence-electron chi connectivity index (χ0n) is 11.4. The maximum atomic E-state index is 11.9. The van der Waals surface area contributed by atoms with E-state index in [0.717, 1.165) is 23.1 Å². The molecule has 2 aromatic heterocycles. The number of nitrogens with one attached hydrogen (secondary N) is 1. The van der Waals surface area contributed by atoms with Crippen LogP contribution in [0, 0.1) is 0 Å². The Morgan fingerprint density at radius 1 is 1.48 bits per heavy atom. The first-order chi connectivity index (χ1) is 10.0. The molecule has 1 aliphatic carbocycles. The van der Waals surface area contributed by atoms with E-state index in [9.17, 15) is 14.4 Å². The summed E-state index contributed by atoms with van der Waals surface area (Å²) in [5.41, 5.74) is 0.107. The zero-order chi connectivity index (χ0) is 15.0. The van der Waals surface area contributed by atoms with E-state index in [2.05, 4.69) is 10.3 Å². The molecule has 1 saturated carbocycles. The Kier molecular flexibility index (Phi) is 3.46. The minimum absolute atomic E-state index is 0.148. The van der Waals surface area contributed by atoms with E-state index >= 15 is 0 Å². The van der Waals surface area contributed by atoms with Gasteiger partial charge in [0, 0.05) is 30.6 Å². The fourth-order valence-electron chi connectivity index (χ4n) is 1.96. The number of thiazole rings is 1. The molecule has 0 atom stereocenters. The number of anilines is 1. The predicted molar refractivity (Wildman–Crippen MR) is 78.7 cm³/mol. The third kappa shape index (κ3) is 2.94. The lowest BCUT2D eigenvalue weighted by atomic mass is 10.3. The molecule has 21 heavy (non-hydrogen) atoms. The highest BCUT2D eigenvalue weighted by Crippen LogP contribution is 2.40. The molecule has 8 heteroatoms. The maximum Gasteiger partial charge on any atom is 0.331 e. The first kappa shape index (κ1) is 13.7. The average Bonchev–Trinajstić information content (AvgIpc) is 3.20. The fourth-order valence-corrected chi connectivity index (χ4v) is 2.77. The van der Waals surface area contributed by atoms with Gasteiger partial charge in [-0.1, -0.05) is 0 Å². The monoisotopic (exact) mass is 306 g/mol. The van der Waals surface area contributed by atoms with Crippen LogP contribution in [0.4, 0.5) is 5.13 Å². The van der Waals surface area contributed by atoms with Crippen LogP contribution in [0.3, 0.4) is 0 Å². The summed E-state index contributed by atoms with van der Waals surface area (Å²) in [6.45, 7) is -0.148. The molecule has 1 fully saturated rings. The molecular formula is C13H14N4O3S. The van der Waals surface area contributed by atoms with Gasteiger partial charge in [-0.2, -0.15) is 0 Å². The zero-order valence-corrected chi connectivity index (χ0v) is 12.2. The molecule has 2 aromatic rings. The van der Waals surface area contributed by atoms with Crippen LogP contribution in [0.25, 0.3) is 0 Å². The van der Waals surface area contributed by atoms with E-state index in [-0.39, 0.29) is 12.5 Å². The normalized spacial score (nSPS) is 14.1. The van der Waals surface area contributed by atoms with E-state index in [0.29, 0.717) is 11.0 Å². The number of amides is 1. The molecular weight excluding hydrogens is 292 g/mol. The molecule has 1 aliphatic rings. The number of hydrogen-bond acceptors (Lipinski definition) is 5. The number of aromatic nitrogens is 3. The highest BCUT2D eigenvalue weighted by atomic mass is 32.1. The van der Waals surface area contributed by atoms with Crippen molar-refractivity contribution in [3.05, 3.63) is 44.2 Å². The Balaban J connectivity index is 1.69. The Hall–Kier alpha value is -2.22. The maximum absolute atomic E-state index is 11.9. The number of rotatable bonds is 4. The summed E-state index contributed by atoms with van der Waals surface area (Å²) in [6.07, 6.45) is 3.64. The number of carbonyl (C=O) groups is 1. The third-order valence-electron chi connectivity index (χ3n) is 3.34. The molecule has 0 spiro atoms. The van der Waals surface area contributed by atoms with Crippen molar-refractivity contribution in [2.45, 2.75) is 25.3 Å². The largest absolute Gasteiger partial charge is 0.331 e. The standard InChI is InChI=1S/C13H14N4O3S/c1-16-11(19)4-5-17(13(16)20)6-10(18)15-12-14-9(7-21-12)8-2-3-8/h4-5,7-8H,2-3,6H2,1H3,(H,14,15,18). The van der Waals surface area contributed by atoms with Gasteiger partial charge in [-0.05, 0) is 12.8 Å². The van der Waals surface area contributed by atoms with Crippen molar-refractivity contribution in [2.24, 2.45) is 7.05 Å². The molecule has 1 amide bonds. The Labute approximate surface area is 123 Å². The first-order valence-electron chi connectivity index (χ1n) is 6.56. The summed E-state index contributed by atoms with van der Waals surface area (Å²) in [7, 11) is 1.38. The summed E-state index contributed by atoms with van der Waals surface area (Å²) in [4.78, 5) is 39.4. The van der Waals surface area contributed by atoms with E-state index < -0.39 is 11.2 Å². The van der Waals surface area contributed by atoms with Gasteiger partial charge in [0.15, 0.2) is 5.13 Å². The van der Waals surface area contributed by atoms with Gasteiger partial charge in [0.25, 0.3) is 5.56 Å². The molecule has 0 aliphatic heterocycles. The second-order valence-electron chi connectivity index (χ2n) is 5.02. The summed E-state index contributed by atoms with van der Waals surface area (Å²) >= 11 is 1.38. The lowest BCUT2D eigenvalue weighted by Crippen LogP contribution is -2.38. The van der Waals surface area contributed by atoms with Crippen molar-refractivity contribution in [3.63, 3.8) is 0 Å². The van der Waals surface area contributed by atoms with Crippen molar-refractivity contribution in [1.29, 1.82) is 0 Å². The minimum atomic E-state index is -0.518. The summed E-state index contributed by atoms with van der Waals surface area (Å²) < 4.78 is 2.15. The van der Waals surface area contributed by atoms with Gasteiger partial charge in [0.05, 0.1) is 5.69 Å². The van der Waals surface area contributed by atoms with E-state index in [4.69, 9.17) is 0 Å². The quantitative estimate of drug-likeness (QED) is 0.892. The van der Waals surface area contributed by atoms with E-state index in [1.165, 1.54) is 35.2 Å². The second kappa shape index (κ2) is 5.28. The average molecular weight is 306 g/mol. The highest BCUT2D eigenvalue weighted by Gasteiger charge is 2.26. The highest BCUT2D eigenvalue weighted by molar-refractivity contribution is 7.13. The summed E-state index contributed by atoms with van der Waals surface area (Å²) in [5.74, 6) is 0.200. The molecule has 110 valence electrons. The lowest BCUT2D eigenvalue weighted by molar-refractivity contribution is -0.116. The molecule has 0 bridgehead atoms. The molecule has 0 aromatic carbocycles. The molecule has 1 N–H and O–H groups in total. The van der Waals surface area contributed by atoms with Crippen LogP contribution >= 0.6 is 11.3 Å². The number of hydrogen-bond donors (Lipinski definition) is 1. The van der Waals surface area contributed by atoms with E-state index in [1.807, 2.05) is 5.38 Å². The van der Waals surface area contributed by atoms with Crippen LogP contribution in [0.15, 0.2) is 27.2 Å². The van der Waals surface area contributed by atoms with Gasteiger partial charge in [-0.3, -0.25) is 18.7 Å². The third-order valence-corrected chi connectivity index (χ3v) is 4.11. The molecule has 7 nitrogen and oxygen atoms in total. The van der Waals surface area contributed by atoms with Gasteiger partial charge < -0.3 is 5.32 Å². The molecule has 0 unspecified atom stereocenters. The molecule has 0 radical (unpaired) electrons. The molecule has 3 rings (SSSR count). The number of nitrogens with zero attached hydrogens (tertiary/aromatic N) is 3. The predicted octanol–water partition coefficient (Wildman–Crippen LogP) is 0.520.